The number of rotatable bonds is 0. The highest BCUT2D eigenvalue weighted by atomic mass is 79.9. The zero-order chi connectivity index (χ0) is 12.2. The molecule has 0 amide bonds. The lowest BCUT2D eigenvalue weighted by Gasteiger charge is -2.23. The van der Waals surface area contributed by atoms with Gasteiger partial charge in [-0.2, -0.15) is 0 Å². The molecule has 1 aliphatic carbocycles. The molecule has 0 aliphatic heterocycles. The first-order valence-electron chi connectivity index (χ1n) is 5.22. The summed E-state index contributed by atoms with van der Waals surface area (Å²) in [5.74, 6) is -0.309. The number of carbonyl (C=O) groups is 1. The highest BCUT2D eigenvalue weighted by molar-refractivity contribution is 9.26. The number of Topliss-reactive ketones (excluding diaryl/α,β-unsaturated/α-hetero) is 1. The minimum Gasteiger partial charge on any atom is -0.352 e. The van der Waals surface area contributed by atoms with Crippen LogP contribution >= 0.6 is 31.9 Å². The average Bonchev–Trinajstić information content (AvgIpc) is 2.62. The molecule has 0 atom stereocenters. The molecule has 88 valence electrons. The topological polar surface area (TPSA) is 32.9 Å². The van der Waals surface area contributed by atoms with E-state index in [0.29, 0.717) is 12.1 Å². The molecule has 0 bridgehead atoms. The molecule has 1 N–H and O–H groups in total. The van der Waals surface area contributed by atoms with Gasteiger partial charge in [-0.25, -0.2) is 4.39 Å². The number of hydrogen-bond acceptors (Lipinski definition) is 1. The van der Waals surface area contributed by atoms with E-state index in [0.717, 1.165) is 22.9 Å². The summed E-state index contributed by atoms with van der Waals surface area (Å²) in [6, 6.07) is 4.54. The van der Waals surface area contributed by atoms with E-state index in [2.05, 4.69) is 36.8 Å². The predicted molar refractivity (Wildman–Crippen MR) is 71.5 cm³/mol. The summed E-state index contributed by atoms with van der Waals surface area (Å²) in [6.07, 6.45) is 1.39. The lowest BCUT2D eigenvalue weighted by atomic mass is 9.94. The van der Waals surface area contributed by atoms with Crippen LogP contribution < -0.4 is 0 Å². The second kappa shape index (κ2) is 3.65. The van der Waals surface area contributed by atoms with Crippen molar-refractivity contribution in [2.75, 3.05) is 0 Å². The van der Waals surface area contributed by atoms with Crippen molar-refractivity contribution in [2.45, 2.75) is 16.1 Å². The third-order valence-electron chi connectivity index (χ3n) is 3.12. The molecule has 5 heteroatoms. The first-order chi connectivity index (χ1) is 7.99. The number of aryl methyl sites for hydroxylation is 1. The molecule has 0 radical (unpaired) electrons. The van der Waals surface area contributed by atoms with Crippen molar-refractivity contribution in [3.05, 3.63) is 35.3 Å². The standard InChI is InChI=1S/C12H8Br2FNO/c13-12(14)4-3-7-8-5-6(15)1-2-9(8)16-10(7)11(12)17/h1-2,5,16H,3-4H2. The molecule has 1 aromatic heterocycles. The van der Waals surface area contributed by atoms with Gasteiger partial charge in [-0.1, -0.05) is 31.9 Å². The van der Waals surface area contributed by atoms with E-state index < -0.39 is 3.23 Å². The monoisotopic (exact) mass is 359 g/mol. The van der Waals surface area contributed by atoms with Crippen molar-refractivity contribution >= 4 is 48.5 Å². The number of fused-ring (bicyclic) bond motifs is 3. The normalized spacial score (nSPS) is 18.4. The van der Waals surface area contributed by atoms with Gasteiger partial charge in [0.05, 0.1) is 5.69 Å². The largest absolute Gasteiger partial charge is 0.352 e. The van der Waals surface area contributed by atoms with Crippen LogP contribution in [0.3, 0.4) is 0 Å². The maximum atomic E-state index is 13.2. The molecule has 3 rings (SSSR count). The summed E-state index contributed by atoms with van der Waals surface area (Å²) >= 11 is 6.74. The van der Waals surface area contributed by atoms with Gasteiger partial charge in [-0.05, 0) is 36.6 Å². The molecule has 2 nitrogen and oxygen atoms in total. The molecule has 17 heavy (non-hydrogen) atoms. The summed E-state index contributed by atoms with van der Waals surface area (Å²) in [5, 5.41) is 0.809. The average molecular weight is 361 g/mol. The van der Waals surface area contributed by atoms with Crippen molar-refractivity contribution in [1.29, 1.82) is 0 Å². The zero-order valence-corrected chi connectivity index (χ0v) is 11.9. The van der Waals surface area contributed by atoms with Crippen molar-refractivity contribution in [3.63, 3.8) is 0 Å². The summed E-state index contributed by atoms with van der Waals surface area (Å²) < 4.78 is 12.5. The van der Waals surface area contributed by atoms with E-state index >= 15 is 0 Å². The number of nitrogens with one attached hydrogen (secondary N) is 1. The Labute approximate surface area is 114 Å². The van der Waals surface area contributed by atoms with E-state index in [1.807, 2.05) is 0 Å². The van der Waals surface area contributed by atoms with E-state index in [4.69, 9.17) is 0 Å². The van der Waals surface area contributed by atoms with Gasteiger partial charge in [-0.15, -0.1) is 0 Å². The van der Waals surface area contributed by atoms with Gasteiger partial charge in [0.2, 0.25) is 5.78 Å². The third kappa shape index (κ3) is 1.67. The molecule has 1 heterocycles. The first kappa shape index (κ1) is 11.4. The molecular formula is C12H8Br2FNO. The van der Waals surface area contributed by atoms with Crippen LogP contribution in [0.5, 0.6) is 0 Å². The van der Waals surface area contributed by atoms with Crippen LogP contribution in [0, 0.1) is 5.82 Å². The first-order valence-corrected chi connectivity index (χ1v) is 6.80. The molecule has 1 aliphatic rings. The number of halogens is 3. The smallest absolute Gasteiger partial charge is 0.206 e. The molecule has 2 aromatic rings. The van der Waals surface area contributed by atoms with Crippen LogP contribution in [0.1, 0.15) is 22.5 Å². The molecule has 0 saturated carbocycles. The predicted octanol–water partition coefficient (Wildman–Crippen LogP) is 3.92. The zero-order valence-electron chi connectivity index (χ0n) is 8.69. The van der Waals surface area contributed by atoms with Crippen LogP contribution in [0.4, 0.5) is 4.39 Å². The fourth-order valence-corrected chi connectivity index (χ4v) is 3.04. The van der Waals surface area contributed by atoms with Gasteiger partial charge in [0, 0.05) is 10.9 Å². The van der Waals surface area contributed by atoms with Gasteiger partial charge in [0.15, 0.2) is 0 Å². The van der Waals surface area contributed by atoms with Crippen LogP contribution in [0.15, 0.2) is 18.2 Å². The Morgan fingerprint density at radius 3 is 2.88 bits per heavy atom. The molecule has 0 unspecified atom stereocenters. The second-order valence-electron chi connectivity index (χ2n) is 4.20. The second-order valence-corrected chi connectivity index (χ2v) is 7.97. The Morgan fingerprint density at radius 1 is 1.35 bits per heavy atom. The summed E-state index contributed by atoms with van der Waals surface area (Å²) in [4.78, 5) is 15.2. The Hall–Kier alpha value is -0.680. The van der Waals surface area contributed by atoms with Crippen LogP contribution in [-0.4, -0.2) is 14.0 Å². The van der Waals surface area contributed by atoms with Gasteiger partial charge < -0.3 is 4.98 Å². The fraction of sp³-hybridized carbons (Fsp3) is 0.250. The van der Waals surface area contributed by atoms with Crippen LogP contribution in [-0.2, 0) is 6.42 Å². The minimum atomic E-state index is -0.688. The van der Waals surface area contributed by atoms with E-state index in [1.54, 1.807) is 6.07 Å². The van der Waals surface area contributed by atoms with Crippen molar-refractivity contribution in [1.82, 2.24) is 4.98 Å². The molecular weight excluding hydrogens is 353 g/mol. The highest BCUT2D eigenvalue weighted by Gasteiger charge is 2.39. The van der Waals surface area contributed by atoms with Crippen molar-refractivity contribution in [2.24, 2.45) is 0 Å². The van der Waals surface area contributed by atoms with Gasteiger partial charge in [0.1, 0.15) is 9.05 Å². The minimum absolute atomic E-state index is 0.0321. The number of carbonyl (C=O) groups excluding carboxylic acids is 1. The number of hydrogen-bond donors (Lipinski definition) is 1. The van der Waals surface area contributed by atoms with Crippen molar-refractivity contribution < 1.29 is 9.18 Å². The number of aromatic nitrogens is 1. The molecule has 0 fully saturated rings. The number of alkyl halides is 2. The van der Waals surface area contributed by atoms with Crippen molar-refractivity contribution in [3.8, 4) is 0 Å². The Balaban J connectivity index is 2.29. The maximum Gasteiger partial charge on any atom is 0.206 e. The van der Waals surface area contributed by atoms with E-state index in [9.17, 15) is 9.18 Å². The molecule has 0 spiro atoms. The molecule has 1 aromatic carbocycles. The quantitative estimate of drug-likeness (QED) is 0.709. The number of aromatic amines is 1. The highest BCUT2D eigenvalue weighted by Crippen LogP contribution is 2.42. The Bertz CT molecular complexity index is 633. The molecule has 0 saturated heterocycles. The van der Waals surface area contributed by atoms with E-state index in [-0.39, 0.29) is 11.6 Å². The third-order valence-corrected chi connectivity index (χ3v) is 4.63. The fourth-order valence-electron chi connectivity index (χ4n) is 2.25. The summed E-state index contributed by atoms with van der Waals surface area (Å²) in [6.45, 7) is 0. The SMILES string of the molecule is O=C1c2[nH]c3ccc(F)cc3c2CCC1(Br)Br. The van der Waals surface area contributed by atoms with Crippen LogP contribution in [0.2, 0.25) is 0 Å². The van der Waals surface area contributed by atoms with Gasteiger partial charge in [-0.3, -0.25) is 4.79 Å². The lowest BCUT2D eigenvalue weighted by molar-refractivity contribution is 0.0968. The Kier molecular flexibility index (Phi) is 2.45. The number of benzene rings is 1. The number of H-pyrrole nitrogens is 1. The van der Waals surface area contributed by atoms with Gasteiger partial charge >= 0.3 is 0 Å². The Morgan fingerprint density at radius 2 is 2.12 bits per heavy atom. The number of ketones is 1. The van der Waals surface area contributed by atoms with Crippen LogP contribution in [0.25, 0.3) is 10.9 Å². The van der Waals surface area contributed by atoms with Gasteiger partial charge in [0.25, 0.3) is 0 Å². The lowest BCUT2D eigenvalue weighted by Crippen LogP contribution is -2.30. The van der Waals surface area contributed by atoms with E-state index in [1.165, 1.54) is 12.1 Å². The summed E-state index contributed by atoms with van der Waals surface area (Å²) in [5.41, 5.74) is 2.30. The summed E-state index contributed by atoms with van der Waals surface area (Å²) in [7, 11) is 0. The maximum absolute atomic E-state index is 13.2.